The molecule has 1 aromatic rings. The van der Waals surface area contributed by atoms with E-state index in [9.17, 15) is 4.79 Å². The molecule has 1 saturated heterocycles. The number of nitrogens with one attached hydrogen (secondary N) is 1. The van der Waals surface area contributed by atoms with E-state index >= 15 is 0 Å². The highest BCUT2D eigenvalue weighted by Gasteiger charge is 2.30. The van der Waals surface area contributed by atoms with Gasteiger partial charge in [0.05, 0.1) is 12.2 Å². The van der Waals surface area contributed by atoms with Gasteiger partial charge in [-0.3, -0.25) is 9.78 Å². The molecule has 18 heavy (non-hydrogen) atoms. The van der Waals surface area contributed by atoms with E-state index < -0.39 is 0 Å². The van der Waals surface area contributed by atoms with Gasteiger partial charge in [-0.05, 0) is 38.1 Å². The number of rotatable bonds is 4. The molecule has 1 aliphatic heterocycles. The van der Waals surface area contributed by atoms with Gasteiger partial charge in [-0.1, -0.05) is 13.0 Å². The van der Waals surface area contributed by atoms with E-state index in [1.165, 1.54) is 0 Å². The largest absolute Gasteiger partial charge is 0.340 e. The van der Waals surface area contributed by atoms with E-state index in [0.717, 1.165) is 24.5 Å². The molecule has 98 valence electrons. The van der Waals surface area contributed by atoms with Crippen LogP contribution >= 0.6 is 0 Å². The predicted octanol–water partition coefficient (Wildman–Crippen LogP) is 1.20. The van der Waals surface area contributed by atoms with E-state index in [-0.39, 0.29) is 11.8 Å². The van der Waals surface area contributed by atoms with Crippen molar-refractivity contribution in [1.82, 2.24) is 15.2 Å². The number of aryl methyl sites for hydroxylation is 1. The van der Waals surface area contributed by atoms with Crippen LogP contribution in [0.2, 0.25) is 0 Å². The lowest BCUT2D eigenvalue weighted by Crippen LogP contribution is -2.49. The van der Waals surface area contributed by atoms with Crippen molar-refractivity contribution >= 4 is 5.91 Å². The Kier molecular flexibility index (Phi) is 3.97. The number of nitrogens with zero attached hydrogens (tertiary/aromatic N) is 2. The third-order valence-corrected chi connectivity index (χ3v) is 3.63. The SMILES string of the molecule is Cc1cccc(CN(C)C(=O)C(C)C2CNC2)n1. The van der Waals surface area contributed by atoms with Crippen molar-refractivity contribution in [1.29, 1.82) is 0 Å². The molecular weight excluding hydrogens is 226 g/mol. The Morgan fingerprint density at radius 1 is 1.56 bits per heavy atom. The molecule has 1 unspecified atom stereocenters. The minimum atomic E-state index is 0.0982. The minimum absolute atomic E-state index is 0.0982. The molecule has 0 aromatic carbocycles. The summed E-state index contributed by atoms with van der Waals surface area (Å²) in [5.41, 5.74) is 1.94. The molecule has 0 spiro atoms. The molecule has 2 heterocycles. The summed E-state index contributed by atoms with van der Waals surface area (Å²) in [7, 11) is 1.86. The van der Waals surface area contributed by atoms with Gasteiger partial charge in [0.1, 0.15) is 0 Å². The molecule has 1 atom stereocenters. The predicted molar refractivity (Wildman–Crippen MR) is 71.0 cm³/mol. The maximum absolute atomic E-state index is 12.2. The topological polar surface area (TPSA) is 45.2 Å². The first kappa shape index (κ1) is 13.0. The molecule has 1 N–H and O–H groups in total. The second-order valence-electron chi connectivity index (χ2n) is 5.17. The van der Waals surface area contributed by atoms with Crippen LogP contribution in [0.3, 0.4) is 0 Å². The van der Waals surface area contributed by atoms with Crippen molar-refractivity contribution in [2.24, 2.45) is 11.8 Å². The lowest BCUT2D eigenvalue weighted by molar-refractivity contribution is -0.136. The van der Waals surface area contributed by atoms with Crippen molar-refractivity contribution in [3.05, 3.63) is 29.6 Å². The van der Waals surface area contributed by atoms with Crippen LogP contribution in [0.5, 0.6) is 0 Å². The smallest absolute Gasteiger partial charge is 0.225 e. The Morgan fingerprint density at radius 2 is 2.28 bits per heavy atom. The molecule has 0 aliphatic carbocycles. The van der Waals surface area contributed by atoms with E-state index in [4.69, 9.17) is 0 Å². The third-order valence-electron chi connectivity index (χ3n) is 3.63. The molecule has 1 fully saturated rings. The second-order valence-corrected chi connectivity index (χ2v) is 5.17. The van der Waals surface area contributed by atoms with Gasteiger partial charge in [0.2, 0.25) is 5.91 Å². The van der Waals surface area contributed by atoms with Crippen molar-refractivity contribution in [2.75, 3.05) is 20.1 Å². The summed E-state index contributed by atoms with van der Waals surface area (Å²) in [4.78, 5) is 18.4. The first-order valence-corrected chi connectivity index (χ1v) is 6.46. The van der Waals surface area contributed by atoms with Crippen LogP contribution in [0.1, 0.15) is 18.3 Å². The van der Waals surface area contributed by atoms with E-state index in [0.29, 0.717) is 12.5 Å². The first-order chi connectivity index (χ1) is 8.58. The monoisotopic (exact) mass is 247 g/mol. The van der Waals surface area contributed by atoms with Gasteiger partial charge >= 0.3 is 0 Å². The van der Waals surface area contributed by atoms with Gasteiger partial charge < -0.3 is 10.2 Å². The van der Waals surface area contributed by atoms with E-state index in [2.05, 4.69) is 10.3 Å². The summed E-state index contributed by atoms with van der Waals surface area (Å²) in [5, 5.41) is 3.21. The fourth-order valence-corrected chi connectivity index (χ4v) is 2.22. The summed E-state index contributed by atoms with van der Waals surface area (Å²) < 4.78 is 0. The van der Waals surface area contributed by atoms with Gasteiger partial charge in [0, 0.05) is 18.7 Å². The van der Waals surface area contributed by atoms with Crippen LogP contribution in [-0.4, -0.2) is 35.9 Å². The molecule has 4 heteroatoms. The number of carbonyl (C=O) groups excluding carboxylic acids is 1. The fourth-order valence-electron chi connectivity index (χ4n) is 2.22. The number of hydrogen-bond acceptors (Lipinski definition) is 3. The van der Waals surface area contributed by atoms with Crippen molar-refractivity contribution in [3.63, 3.8) is 0 Å². The molecule has 2 rings (SSSR count). The van der Waals surface area contributed by atoms with E-state index in [1.807, 2.05) is 39.1 Å². The number of pyridine rings is 1. The highest BCUT2D eigenvalue weighted by atomic mass is 16.2. The summed E-state index contributed by atoms with van der Waals surface area (Å²) in [5.74, 6) is 0.802. The Hall–Kier alpha value is -1.42. The molecular formula is C14H21N3O. The summed E-state index contributed by atoms with van der Waals surface area (Å²) in [6.07, 6.45) is 0. The zero-order valence-electron chi connectivity index (χ0n) is 11.3. The highest BCUT2D eigenvalue weighted by Crippen LogP contribution is 2.18. The zero-order chi connectivity index (χ0) is 13.1. The van der Waals surface area contributed by atoms with Crippen LogP contribution in [0.25, 0.3) is 0 Å². The van der Waals surface area contributed by atoms with Crippen LogP contribution in [-0.2, 0) is 11.3 Å². The average Bonchev–Trinajstić information content (AvgIpc) is 2.25. The average molecular weight is 247 g/mol. The highest BCUT2D eigenvalue weighted by molar-refractivity contribution is 5.78. The molecule has 1 aromatic heterocycles. The molecule has 1 amide bonds. The fraction of sp³-hybridized carbons (Fsp3) is 0.571. The summed E-state index contributed by atoms with van der Waals surface area (Å²) in [6.45, 7) is 6.50. The Balaban J connectivity index is 1.94. The normalized spacial score (nSPS) is 17.1. The third kappa shape index (κ3) is 2.88. The number of hydrogen-bond donors (Lipinski definition) is 1. The van der Waals surface area contributed by atoms with Gasteiger partial charge in [0.15, 0.2) is 0 Å². The van der Waals surface area contributed by atoms with Gasteiger partial charge in [-0.15, -0.1) is 0 Å². The lowest BCUT2D eigenvalue weighted by atomic mass is 9.88. The van der Waals surface area contributed by atoms with Crippen LogP contribution in [0, 0.1) is 18.8 Å². The van der Waals surface area contributed by atoms with Crippen molar-refractivity contribution in [2.45, 2.75) is 20.4 Å². The van der Waals surface area contributed by atoms with Crippen molar-refractivity contribution in [3.8, 4) is 0 Å². The molecule has 0 radical (unpaired) electrons. The Bertz CT molecular complexity index is 429. The van der Waals surface area contributed by atoms with E-state index in [1.54, 1.807) is 4.90 Å². The summed E-state index contributed by atoms with van der Waals surface area (Å²) in [6, 6.07) is 5.91. The quantitative estimate of drug-likeness (QED) is 0.869. The van der Waals surface area contributed by atoms with Gasteiger partial charge in [-0.2, -0.15) is 0 Å². The number of aromatic nitrogens is 1. The maximum Gasteiger partial charge on any atom is 0.225 e. The second kappa shape index (κ2) is 5.48. The molecule has 0 saturated carbocycles. The van der Waals surface area contributed by atoms with Gasteiger partial charge in [-0.25, -0.2) is 0 Å². The van der Waals surface area contributed by atoms with Crippen LogP contribution in [0.4, 0.5) is 0 Å². The summed E-state index contributed by atoms with van der Waals surface area (Å²) >= 11 is 0. The maximum atomic E-state index is 12.2. The Labute approximate surface area is 108 Å². The van der Waals surface area contributed by atoms with Crippen LogP contribution < -0.4 is 5.32 Å². The van der Waals surface area contributed by atoms with Crippen molar-refractivity contribution < 1.29 is 4.79 Å². The number of amides is 1. The molecule has 4 nitrogen and oxygen atoms in total. The Morgan fingerprint density at radius 3 is 2.83 bits per heavy atom. The standard InChI is InChI=1S/C14H21N3O/c1-10-5-4-6-13(16-10)9-17(3)14(18)11(2)12-7-15-8-12/h4-6,11-12,15H,7-9H2,1-3H3. The van der Waals surface area contributed by atoms with Crippen LogP contribution in [0.15, 0.2) is 18.2 Å². The lowest BCUT2D eigenvalue weighted by Gasteiger charge is -2.33. The van der Waals surface area contributed by atoms with Gasteiger partial charge in [0.25, 0.3) is 0 Å². The number of carbonyl (C=O) groups is 1. The first-order valence-electron chi connectivity index (χ1n) is 6.46. The molecule has 1 aliphatic rings. The molecule has 0 bridgehead atoms. The zero-order valence-corrected chi connectivity index (χ0v) is 11.3. The minimum Gasteiger partial charge on any atom is -0.340 e.